The number of carbonyl (C=O) groups excluding carboxylic acids is 1. The van der Waals surface area contributed by atoms with E-state index in [4.69, 9.17) is 0 Å². The van der Waals surface area contributed by atoms with Crippen LogP contribution in [0, 0.1) is 0 Å². The lowest BCUT2D eigenvalue weighted by Gasteiger charge is -2.47. The Morgan fingerprint density at radius 3 is 2.58 bits per heavy atom. The highest BCUT2D eigenvalue weighted by Gasteiger charge is 2.43. The van der Waals surface area contributed by atoms with Crippen LogP contribution in [0.5, 0.6) is 0 Å². The maximum Gasteiger partial charge on any atom is 0.245 e. The van der Waals surface area contributed by atoms with Crippen molar-refractivity contribution in [3.63, 3.8) is 0 Å². The number of thioether (sulfide) groups is 1. The van der Waals surface area contributed by atoms with Crippen LogP contribution < -0.4 is 5.32 Å². The molecule has 1 aromatic carbocycles. The highest BCUT2D eigenvalue weighted by molar-refractivity contribution is 8.29. The molecule has 0 unspecified atom stereocenters. The number of hydrogen-bond donors (Lipinski definition) is 3. The van der Waals surface area contributed by atoms with Gasteiger partial charge in [0, 0.05) is 22.1 Å². The van der Waals surface area contributed by atoms with Crippen molar-refractivity contribution in [3.05, 3.63) is 41.3 Å². The molecule has 0 saturated carbocycles. The van der Waals surface area contributed by atoms with Gasteiger partial charge in [-0.2, -0.15) is 10.6 Å². The first-order chi connectivity index (χ1) is 11.4. The topological polar surface area (TPSA) is 69.6 Å². The Kier molecular flexibility index (Phi) is 6.80. The standard InChI is InChI=1S/C18H27NO3S2/c1-18(2,24(21,22)16-11-7-4-8-12-16)17(20)19-13-14-23-15-9-5-3-6-10-15/h3,5-6,9-11,21-22H,4,7-8,12-14H2,1-2H3,(H,19,20). The van der Waals surface area contributed by atoms with Crippen LogP contribution in [-0.4, -0.2) is 32.1 Å². The Labute approximate surface area is 150 Å². The summed E-state index contributed by atoms with van der Waals surface area (Å²) >= 11 is 1.66. The van der Waals surface area contributed by atoms with Gasteiger partial charge >= 0.3 is 0 Å². The van der Waals surface area contributed by atoms with Gasteiger partial charge in [-0.15, -0.1) is 11.8 Å². The third-order valence-electron chi connectivity index (χ3n) is 4.27. The lowest BCUT2D eigenvalue weighted by molar-refractivity contribution is -0.122. The first-order valence-electron chi connectivity index (χ1n) is 8.29. The summed E-state index contributed by atoms with van der Waals surface area (Å²) in [4.78, 5) is 14.3. The molecular weight excluding hydrogens is 342 g/mol. The molecule has 0 radical (unpaired) electrons. The number of benzene rings is 1. The van der Waals surface area contributed by atoms with Gasteiger partial charge in [0.1, 0.15) is 4.75 Å². The summed E-state index contributed by atoms with van der Waals surface area (Å²) in [7, 11) is -3.11. The van der Waals surface area contributed by atoms with Gasteiger partial charge in [-0.05, 0) is 51.7 Å². The molecular formula is C18H27NO3S2. The Hall–Kier alpha value is -0.950. The van der Waals surface area contributed by atoms with Crippen molar-refractivity contribution in [1.29, 1.82) is 0 Å². The number of allylic oxidation sites excluding steroid dienone is 2. The lowest BCUT2D eigenvalue weighted by Crippen LogP contribution is -2.46. The zero-order valence-corrected chi connectivity index (χ0v) is 16.0. The molecule has 2 rings (SSSR count). The first-order valence-corrected chi connectivity index (χ1v) is 10.8. The van der Waals surface area contributed by atoms with Gasteiger partial charge in [0.25, 0.3) is 0 Å². The summed E-state index contributed by atoms with van der Waals surface area (Å²) < 4.78 is 20.1. The van der Waals surface area contributed by atoms with E-state index >= 15 is 0 Å². The molecule has 1 aliphatic carbocycles. The number of hydrogen-bond acceptors (Lipinski definition) is 4. The molecule has 0 heterocycles. The first kappa shape index (κ1) is 19.4. The van der Waals surface area contributed by atoms with Gasteiger partial charge in [0.15, 0.2) is 0 Å². The molecule has 0 aromatic heterocycles. The van der Waals surface area contributed by atoms with Crippen LogP contribution in [0.15, 0.2) is 46.2 Å². The normalized spacial score (nSPS) is 16.4. The molecule has 1 aromatic rings. The fraction of sp³-hybridized carbons (Fsp3) is 0.500. The second-order valence-corrected chi connectivity index (χ2v) is 10.2. The van der Waals surface area contributed by atoms with Crippen LogP contribution in [0.4, 0.5) is 0 Å². The quantitative estimate of drug-likeness (QED) is 0.473. The molecule has 0 bridgehead atoms. The van der Waals surface area contributed by atoms with E-state index in [1.165, 1.54) is 0 Å². The largest absolute Gasteiger partial charge is 0.353 e. The Morgan fingerprint density at radius 1 is 1.25 bits per heavy atom. The van der Waals surface area contributed by atoms with Crippen LogP contribution in [-0.2, 0) is 4.79 Å². The van der Waals surface area contributed by atoms with Gasteiger partial charge in [0.2, 0.25) is 5.91 Å². The summed E-state index contributed by atoms with van der Waals surface area (Å²) in [6.45, 7) is 3.74. The van der Waals surface area contributed by atoms with Crippen LogP contribution in [0.2, 0.25) is 0 Å². The van der Waals surface area contributed by atoms with Crippen molar-refractivity contribution >= 4 is 28.3 Å². The van der Waals surface area contributed by atoms with Gasteiger partial charge in [-0.3, -0.25) is 13.9 Å². The summed E-state index contributed by atoms with van der Waals surface area (Å²) in [6.07, 6.45) is 5.45. The van der Waals surface area contributed by atoms with E-state index in [-0.39, 0.29) is 5.91 Å². The molecule has 4 nitrogen and oxygen atoms in total. The number of carbonyl (C=O) groups is 1. The third kappa shape index (κ3) is 4.57. The Morgan fingerprint density at radius 2 is 1.96 bits per heavy atom. The van der Waals surface area contributed by atoms with E-state index in [1.54, 1.807) is 25.6 Å². The average Bonchev–Trinajstić information content (AvgIpc) is 2.60. The van der Waals surface area contributed by atoms with Crippen molar-refractivity contribution in [2.45, 2.75) is 49.2 Å². The minimum atomic E-state index is -3.11. The number of rotatable bonds is 7. The van der Waals surface area contributed by atoms with Gasteiger partial charge in [-0.25, -0.2) is 0 Å². The summed E-state index contributed by atoms with van der Waals surface area (Å²) in [5, 5.41) is 2.85. The highest BCUT2D eigenvalue weighted by atomic mass is 32.3. The highest BCUT2D eigenvalue weighted by Crippen LogP contribution is 2.60. The molecule has 24 heavy (non-hydrogen) atoms. The molecule has 1 amide bonds. The Balaban J connectivity index is 1.88. The molecule has 0 fully saturated rings. The van der Waals surface area contributed by atoms with E-state index < -0.39 is 15.3 Å². The Bertz CT molecular complexity index is 585. The van der Waals surface area contributed by atoms with Crippen molar-refractivity contribution < 1.29 is 13.9 Å². The van der Waals surface area contributed by atoms with Crippen LogP contribution in [0.1, 0.15) is 39.5 Å². The van der Waals surface area contributed by atoms with Crippen LogP contribution in [0.3, 0.4) is 0 Å². The molecule has 6 heteroatoms. The van der Waals surface area contributed by atoms with Gasteiger partial charge in [-0.1, -0.05) is 24.3 Å². The fourth-order valence-corrected chi connectivity index (χ4v) is 5.14. The predicted octanol–water partition coefficient (Wildman–Crippen LogP) is 4.88. The monoisotopic (exact) mass is 369 g/mol. The van der Waals surface area contributed by atoms with Crippen molar-refractivity contribution in [2.75, 3.05) is 12.3 Å². The lowest BCUT2D eigenvalue weighted by atomic mass is 10.1. The molecule has 1 aliphatic rings. The minimum Gasteiger partial charge on any atom is -0.353 e. The molecule has 3 N–H and O–H groups in total. The van der Waals surface area contributed by atoms with Crippen LogP contribution in [0.25, 0.3) is 0 Å². The van der Waals surface area contributed by atoms with Crippen LogP contribution >= 0.6 is 22.4 Å². The van der Waals surface area contributed by atoms with E-state index in [1.807, 2.05) is 36.4 Å². The molecule has 0 aliphatic heterocycles. The minimum absolute atomic E-state index is 0.303. The second-order valence-electron chi connectivity index (χ2n) is 6.39. The maximum absolute atomic E-state index is 12.5. The van der Waals surface area contributed by atoms with E-state index in [0.29, 0.717) is 17.9 Å². The molecule has 0 saturated heterocycles. The van der Waals surface area contributed by atoms with Gasteiger partial charge < -0.3 is 5.32 Å². The maximum atomic E-state index is 12.5. The number of nitrogens with one attached hydrogen (secondary N) is 1. The summed E-state index contributed by atoms with van der Waals surface area (Å²) in [6, 6.07) is 10.00. The van der Waals surface area contributed by atoms with E-state index in [9.17, 15) is 13.9 Å². The number of amides is 1. The van der Waals surface area contributed by atoms with E-state index in [2.05, 4.69) is 5.32 Å². The third-order valence-corrected chi connectivity index (χ3v) is 8.00. The van der Waals surface area contributed by atoms with Crippen molar-refractivity contribution in [2.24, 2.45) is 0 Å². The van der Waals surface area contributed by atoms with Gasteiger partial charge in [0.05, 0.1) is 0 Å². The zero-order chi connectivity index (χ0) is 17.6. The smallest absolute Gasteiger partial charge is 0.245 e. The zero-order valence-electron chi connectivity index (χ0n) is 14.3. The molecule has 134 valence electrons. The SMILES string of the molecule is CC(C)(C(=O)NCCSc1ccccc1)S(O)(O)C1=CCCCC1. The molecule has 0 spiro atoms. The fourth-order valence-electron chi connectivity index (χ4n) is 2.59. The summed E-state index contributed by atoms with van der Waals surface area (Å²) in [5.41, 5.74) is 0. The average molecular weight is 370 g/mol. The van der Waals surface area contributed by atoms with Crippen molar-refractivity contribution in [3.8, 4) is 0 Å². The summed E-state index contributed by atoms with van der Waals surface area (Å²) in [5.74, 6) is 0.441. The predicted molar refractivity (Wildman–Crippen MR) is 104 cm³/mol. The second kappa shape index (κ2) is 8.43. The van der Waals surface area contributed by atoms with Crippen molar-refractivity contribution in [1.82, 2.24) is 5.32 Å². The van der Waals surface area contributed by atoms with E-state index in [0.717, 1.165) is 29.9 Å². The molecule has 0 atom stereocenters.